The molecule has 9 nitrogen and oxygen atoms in total. The molecular weight excluding hydrogens is 578 g/mol. The number of carbonyl (C=O) groups is 3. The molecule has 5 rings (SSSR count). The minimum Gasteiger partial charge on any atom is -0.457 e. The minimum atomic E-state index is -0.675. The van der Waals surface area contributed by atoms with E-state index in [1.165, 1.54) is 0 Å². The Kier molecular flexibility index (Phi) is 10.4. The predicted octanol–water partition coefficient (Wildman–Crippen LogP) is 5.67. The second kappa shape index (κ2) is 14.6. The number of amides is 4. The number of para-hydroxylation sites is 1. The van der Waals surface area contributed by atoms with Crippen molar-refractivity contribution in [2.24, 2.45) is 5.92 Å². The number of ether oxygens (including phenoxy) is 1. The largest absolute Gasteiger partial charge is 0.457 e. The van der Waals surface area contributed by atoms with Crippen LogP contribution in [0, 0.1) is 5.92 Å². The van der Waals surface area contributed by atoms with Crippen molar-refractivity contribution < 1.29 is 19.1 Å². The van der Waals surface area contributed by atoms with Gasteiger partial charge in [0.05, 0.1) is 23.9 Å². The quantitative estimate of drug-likeness (QED) is 0.265. The third-order valence-electron chi connectivity index (χ3n) is 8.44. The molecule has 2 atom stereocenters. The smallest absolute Gasteiger partial charge is 0.322 e. The molecule has 3 aromatic carbocycles. The Balaban J connectivity index is 1.47. The van der Waals surface area contributed by atoms with Crippen LogP contribution in [0.2, 0.25) is 0 Å². The second-order valence-electron chi connectivity index (χ2n) is 12.6. The van der Waals surface area contributed by atoms with Crippen molar-refractivity contribution in [1.82, 2.24) is 24.9 Å². The maximum atomic E-state index is 14.5. The van der Waals surface area contributed by atoms with E-state index in [1.807, 2.05) is 111 Å². The number of urea groups is 1. The molecule has 3 aromatic rings. The molecule has 1 N–H and O–H groups in total. The van der Waals surface area contributed by atoms with E-state index in [-0.39, 0.29) is 30.3 Å². The first-order chi connectivity index (χ1) is 22.2. The maximum absolute atomic E-state index is 14.5. The van der Waals surface area contributed by atoms with Gasteiger partial charge >= 0.3 is 6.03 Å². The van der Waals surface area contributed by atoms with E-state index in [0.29, 0.717) is 55.4 Å². The lowest BCUT2D eigenvalue weighted by Crippen LogP contribution is -2.51. The summed E-state index contributed by atoms with van der Waals surface area (Å²) >= 11 is 0. The van der Waals surface area contributed by atoms with E-state index in [2.05, 4.69) is 24.1 Å². The first-order valence-corrected chi connectivity index (χ1v) is 16.1. The van der Waals surface area contributed by atoms with E-state index >= 15 is 0 Å². The van der Waals surface area contributed by atoms with E-state index in [4.69, 9.17) is 4.74 Å². The fraction of sp³-hybridized carbons (Fsp3) is 0.378. The van der Waals surface area contributed by atoms with Crippen LogP contribution >= 0.6 is 0 Å². The molecule has 242 valence electrons. The summed E-state index contributed by atoms with van der Waals surface area (Å²) in [5, 5.41) is 3.07. The van der Waals surface area contributed by atoms with Gasteiger partial charge in [-0.2, -0.15) is 0 Å². The van der Waals surface area contributed by atoms with E-state index in [0.717, 1.165) is 11.1 Å². The van der Waals surface area contributed by atoms with Crippen molar-refractivity contribution >= 4 is 17.8 Å². The first-order valence-electron chi connectivity index (χ1n) is 16.1. The summed E-state index contributed by atoms with van der Waals surface area (Å²) < 4.78 is 6.08. The maximum Gasteiger partial charge on any atom is 0.322 e. The van der Waals surface area contributed by atoms with Crippen LogP contribution in [0.3, 0.4) is 0 Å². The van der Waals surface area contributed by atoms with Crippen LogP contribution in [0.1, 0.15) is 44.4 Å². The Morgan fingerprint density at radius 3 is 2.26 bits per heavy atom. The number of carbonyl (C=O) groups excluding carboxylic acids is 3. The molecule has 2 heterocycles. The summed E-state index contributed by atoms with van der Waals surface area (Å²) in [5.41, 5.74) is 2.93. The highest BCUT2D eigenvalue weighted by Crippen LogP contribution is 2.39. The SMILES string of the molecule is CCN1C(=O)N[C@H](c2cccc(Oc3ccccc3)c2)C2=C1CN([C@H](CC(C)C)C(=O)N(CCN(C)C)Cc1ccccc1)C2=O. The van der Waals surface area contributed by atoms with Crippen molar-refractivity contribution in [2.75, 3.05) is 40.3 Å². The van der Waals surface area contributed by atoms with Gasteiger partial charge in [-0.1, -0.05) is 74.5 Å². The normalized spacial score (nSPS) is 17.0. The van der Waals surface area contributed by atoms with Gasteiger partial charge in [0.25, 0.3) is 5.91 Å². The summed E-state index contributed by atoms with van der Waals surface area (Å²) in [7, 11) is 3.98. The summed E-state index contributed by atoms with van der Waals surface area (Å²) in [5.74, 6) is 1.16. The number of likely N-dealkylation sites (N-methyl/N-ethyl adjacent to an activating group) is 2. The Morgan fingerprint density at radius 1 is 0.935 bits per heavy atom. The molecule has 0 fully saturated rings. The highest BCUT2D eigenvalue weighted by molar-refractivity contribution is 6.03. The zero-order valence-corrected chi connectivity index (χ0v) is 27.5. The molecule has 9 heteroatoms. The van der Waals surface area contributed by atoms with Crippen molar-refractivity contribution in [3.63, 3.8) is 0 Å². The molecule has 46 heavy (non-hydrogen) atoms. The Labute approximate surface area is 272 Å². The number of nitrogens with one attached hydrogen (secondary N) is 1. The summed E-state index contributed by atoms with van der Waals surface area (Å²) in [6, 6.07) is 25.3. The molecule has 0 saturated carbocycles. The van der Waals surface area contributed by atoms with Crippen molar-refractivity contribution in [2.45, 2.75) is 45.8 Å². The van der Waals surface area contributed by atoms with Gasteiger partial charge in [-0.3, -0.25) is 14.5 Å². The average Bonchev–Trinajstić information content (AvgIpc) is 3.38. The van der Waals surface area contributed by atoms with Crippen molar-refractivity contribution in [3.05, 3.63) is 107 Å². The molecule has 0 aliphatic carbocycles. The van der Waals surface area contributed by atoms with E-state index in [9.17, 15) is 14.4 Å². The lowest BCUT2D eigenvalue weighted by Gasteiger charge is -2.34. The van der Waals surface area contributed by atoms with Crippen LogP contribution in [0.15, 0.2) is 96.2 Å². The zero-order chi connectivity index (χ0) is 32.8. The van der Waals surface area contributed by atoms with Gasteiger partial charge in [0, 0.05) is 26.2 Å². The molecule has 2 aliphatic rings. The van der Waals surface area contributed by atoms with E-state index in [1.54, 1.807) is 9.80 Å². The Bertz CT molecular complexity index is 1560. The Morgan fingerprint density at radius 2 is 1.61 bits per heavy atom. The molecule has 0 saturated heterocycles. The lowest BCUT2D eigenvalue weighted by atomic mass is 9.95. The fourth-order valence-electron chi connectivity index (χ4n) is 6.14. The third-order valence-corrected chi connectivity index (χ3v) is 8.44. The molecule has 0 radical (unpaired) electrons. The number of benzene rings is 3. The monoisotopic (exact) mass is 623 g/mol. The Hall–Kier alpha value is -4.63. The van der Waals surface area contributed by atoms with Crippen molar-refractivity contribution in [1.29, 1.82) is 0 Å². The van der Waals surface area contributed by atoms with E-state index < -0.39 is 12.1 Å². The lowest BCUT2D eigenvalue weighted by molar-refractivity contribution is -0.144. The van der Waals surface area contributed by atoms with Gasteiger partial charge in [-0.15, -0.1) is 0 Å². The van der Waals surface area contributed by atoms with Crippen LogP contribution in [0.25, 0.3) is 0 Å². The number of rotatable bonds is 13. The molecule has 2 aliphatic heterocycles. The summed E-state index contributed by atoms with van der Waals surface area (Å²) in [6.45, 7) is 8.31. The molecule has 0 spiro atoms. The average molecular weight is 624 g/mol. The number of hydrogen-bond donors (Lipinski definition) is 1. The minimum absolute atomic E-state index is 0.0789. The van der Waals surface area contributed by atoms with Gasteiger partial charge in [0.1, 0.15) is 17.5 Å². The standard InChI is InChI=1S/C37H45N5O4/c1-6-41-32-25-42(31(22-26(2)3)35(43)40(21-20-39(4)5)24-27-14-9-7-10-15-27)36(44)33(32)34(38-37(41)45)28-16-13-19-30(23-28)46-29-17-11-8-12-18-29/h7-19,23,26,31,34H,6,20-22,24-25H2,1-5H3,(H,38,45)/t31-,34-/m1/s1. The number of hydrogen-bond acceptors (Lipinski definition) is 5. The predicted molar refractivity (Wildman–Crippen MR) is 179 cm³/mol. The van der Waals surface area contributed by atoms with Crippen LogP contribution < -0.4 is 10.1 Å². The molecule has 0 unspecified atom stereocenters. The first kappa shape index (κ1) is 32.8. The van der Waals surface area contributed by atoms with Crippen LogP contribution in [-0.2, 0) is 16.1 Å². The van der Waals surface area contributed by atoms with Gasteiger partial charge in [-0.05, 0) is 68.8 Å². The van der Waals surface area contributed by atoms with Crippen LogP contribution in [0.4, 0.5) is 4.79 Å². The van der Waals surface area contributed by atoms with Gasteiger partial charge in [0.2, 0.25) is 5.91 Å². The second-order valence-corrected chi connectivity index (χ2v) is 12.6. The highest BCUT2D eigenvalue weighted by atomic mass is 16.5. The van der Waals surface area contributed by atoms with Crippen molar-refractivity contribution in [3.8, 4) is 11.5 Å². The zero-order valence-electron chi connectivity index (χ0n) is 27.5. The molecule has 4 amide bonds. The fourth-order valence-corrected chi connectivity index (χ4v) is 6.14. The van der Waals surface area contributed by atoms with Gasteiger partial charge in [-0.25, -0.2) is 4.79 Å². The highest BCUT2D eigenvalue weighted by Gasteiger charge is 2.47. The third kappa shape index (κ3) is 7.42. The summed E-state index contributed by atoms with van der Waals surface area (Å²) in [6.07, 6.45) is 0.511. The number of nitrogens with zero attached hydrogens (tertiary/aromatic N) is 4. The molecule has 0 aromatic heterocycles. The topological polar surface area (TPSA) is 85.4 Å². The van der Waals surface area contributed by atoms with Gasteiger partial charge in [0.15, 0.2) is 0 Å². The summed E-state index contributed by atoms with van der Waals surface area (Å²) in [4.78, 5) is 49.7. The van der Waals surface area contributed by atoms with Crippen LogP contribution in [-0.4, -0.2) is 83.8 Å². The molecular formula is C37H45N5O4. The van der Waals surface area contributed by atoms with Gasteiger partial charge < -0.3 is 24.8 Å². The van der Waals surface area contributed by atoms with Crippen LogP contribution in [0.5, 0.6) is 11.5 Å². The molecule has 0 bridgehead atoms.